The molecule has 0 saturated heterocycles. The van der Waals surface area contributed by atoms with E-state index >= 15 is 0 Å². The Morgan fingerprint density at radius 2 is 2.18 bits per heavy atom. The van der Waals surface area contributed by atoms with E-state index in [4.69, 9.17) is 0 Å². The molecule has 0 bridgehead atoms. The van der Waals surface area contributed by atoms with E-state index in [1.807, 2.05) is 0 Å². The Balaban J connectivity index is 1.77. The molecule has 1 heterocycles. The number of nitrogens with one attached hydrogen (secondary N) is 2. The molecule has 0 amide bonds. The number of anilines is 1. The Labute approximate surface area is 100 Å². The fourth-order valence-electron chi connectivity index (χ4n) is 2.23. The second-order valence-corrected chi connectivity index (χ2v) is 4.92. The van der Waals surface area contributed by atoms with Crippen molar-refractivity contribution in [2.45, 2.75) is 44.1 Å². The van der Waals surface area contributed by atoms with Crippen LogP contribution in [0.5, 0.6) is 0 Å². The zero-order valence-corrected chi connectivity index (χ0v) is 9.78. The number of hydrogen-bond acceptors (Lipinski definition) is 3. The fourth-order valence-corrected chi connectivity index (χ4v) is 2.23. The molecule has 1 atom stereocenters. The first kappa shape index (κ1) is 10.6. The molecule has 4 heteroatoms. The Bertz CT molecular complexity index is 488. The van der Waals surface area contributed by atoms with Gasteiger partial charge >= 0.3 is 0 Å². The van der Waals surface area contributed by atoms with Gasteiger partial charge in [-0.1, -0.05) is 12.2 Å². The van der Waals surface area contributed by atoms with Crippen LogP contribution in [0.15, 0.2) is 23.0 Å². The summed E-state index contributed by atoms with van der Waals surface area (Å²) >= 11 is 0. The number of rotatable bonds is 3. The van der Waals surface area contributed by atoms with E-state index in [-0.39, 0.29) is 5.56 Å². The topological polar surface area (TPSA) is 57.8 Å². The Hall–Kier alpha value is -1.58. The van der Waals surface area contributed by atoms with Crippen molar-refractivity contribution in [3.63, 3.8) is 0 Å². The number of hydrogen-bond donors (Lipinski definition) is 2. The molecule has 1 saturated carbocycles. The lowest BCUT2D eigenvalue weighted by atomic mass is 10.0. The van der Waals surface area contributed by atoms with E-state index in [1.165, 1.54) is 0 Å². The predicted molar refractivity (Wildman–Crippen MR) is 67.2 cm³/mol. The van der Waals surface area contributed by atoms with Gasteiger partial charge in [0.05, 0.1) is 0 Å². The van der Waals surface area contributed by atoms with Crippen molar-refractivity contribution in [2.75, 3.05) is 5.32 Å². The Morgan fingerprint density at radius 3 is 2.88 bits per heavy atom. The number of nitrogens with zero attached hydrogens (tertiary/aromatic N) is 1. The highest BCUT2D eigenvalue weighted by Gasteiger charge is 2.26. The van der Waals surface area contributed by atoms with Gasteiger partial charge in [0.15, 0.2) is 0 Å². The van der Waals surface area contributed by atoms with Gasteiger partial charge in [0.1, 0.15) is 11.6 Å². The van der Waals surface area contributed by atoms with Gasteiger partial charge in [0.25, 0.3) is 5.56 Å². The van der Waals surface area contributed by atoms with Gasteiger partial charge in [-0.05, 0) is 32.1 Å². The standard InChI is InChI=1S/C13H17N3O/c17-12-8-11(14-10-4-2-1-3-5-10)15-13(16-12)9-6-7-9/h1-2,8-10H,3-7H2,(H2,14,15,16,17). The molecule has 90 valence electrons. The summed E-state index contributed by atoms with van der Waals surface area (Å²) in [7, 11) is 0. The molecule has 1 fully saturated rings. The van der Waals surface area contributed by atoms with Crippen LogP contribution in [0.4, 0.5) is 5.82 Å². The van der Waals surface area contributed by atoms with Gasteiger partial charge in [-0.3, -0.25) is 4.79 Å². The van der Waals surface area contributed by atoms with Crippen molar-refractivity contribution >= 4 is 5.82 Å². The molecular formula is C13H17N3O. The summed E-state index contributed by atoms with van der Waals surface area (Å²) in [4.78, 5) is 18.9. The van der Waals surface area contributed by atoms with Crippen LogP contribution in [0.2, 0.25) is 0 Å². The maximum Gasteiger partial charge on any atom is 0.252 e. The van der Waals surface area contributed by atoms with E-state index in [0.29, 0.717) is 12.0 Å². The average Bonchev–Trinajstić information content (AvgIpc) is 3.13. The molecule has 0 aromatic carbocycles. The molecule has 2 N–H and O–H groups in total. The molecule has 1 aromatic heterocycles. The largest absolute Gasteiger partial charge is 0.367 e. The third kappa shape index (κ3) is 2.57. The lowest BCUT2D eigenvalue weighted by molar-refractivity contribution is 0.640. The Morgan fingerprint density at radius 1 is 1.29 bits per heavy atom. The van der Waals surface area contributed by atoms with Crippen LogP contribution in [-0.4, -0.2) is 16.0 Å². The molecule has 3 rings (SSSR count). The minimum absolute atomic E-state index is 0.0456. The number of aromatic nitrogens is 2. The number of H-pyrrole nitrogens is 1. The van der Waals surface area contributed by atoms with E-state index < -0.39 is 0 Å². The van der Waals surface area contributed by atoms with Crippen molar-refractivity contribution in [3.05, 3.63) is 34.4 Å². The van der Waals surface area contributed by atoms with Crippen molar-refractivity contribution in [2.24, 2.45) is 0 Å². The first-order valence-corrected chi connectivity index (χ1v) is 6.34. The SMILES string of the molecule is O=c1cc(NC2CC=CCC2)nc(C2CC2)[nH]1. The zero-order chi connectivity index (χ0) is 11.7. The first-order valence-electron chi connectivity index (χ1n) is 6.34. The Kier molecular flexibility index (Phi) is 2.71. The monoisotopic (exact) mass is 231 g/mol. The molecule has 0 spiro atoms. The second-order valence-electron chi connectivity index (χ2n) is 4.92. The lowest BCUT2D eigenvalue weighted by Gasteiger charge is -2.19. The van der Waals surface area contributed by atoms with E-state index in [2.05, 4.69) is 27.4 Å². The minimum Gasteiger partial charge on any atom is -0.367 e. The van der Waals surface area contributed by atoms with Gasteiger partial charge in [-0.2, -0.15) is 0 Å². The van der Waals surface area contributed by atoms with Crippen LogP contribution in [0.25, 0.3) is 0 Å². The maximum atomic E-state index is 11.5. The molecule has 17 heavy (non-hydrogen) atoms. The predicted octanol–water partition coefficient (Wildman–Crippen LogP) is 2.17. The average molecular weight is 231 g/mol. The molecular weight excluding hydrogens is 214 g/mol. The van der Waals surface area contributed by atoms with Crippen LogP contribution in [0, 0.1) is 0 Å². The lowest BCUT2D eigenvalue weighted by Crippen LogP contribution is -2.23. The second kappa shape index (κ2) is 4.35. The number of allylic oxidation sites excluding steroid dienone is 1. The van der Waals surface area contributed by atoms with E-state index in [1.54, 1.807) is 6.07 Å². The summed E-state index contributed by atoms with van der Waals surface area (Å²) in [5.41, 5.74) is -0.0456. The molecule has 2 aliphatic carbocycles. The fraction of sp³-hybridized carbons (Fsp3) is 0.538. The highest BCUT2D eigenvalue weighted by atomic mass is 16.1. The minimum atomic E-state index is -0.0456. The van der Waals surface area contributed by atoms with Crippen LogP contribution in [-0.2, 0) is 0 Å². The van der Waals surface area contributed by atoms with Gasteiger partial charge in [0, 0.05) is 18.0 Å². The third-order valence-corrected chi connectivity index (χ3v) is 3.35. The smallest absolute Gasteiger partial charge is 0.252 e. The van der Waals surface area contributed by atoms with Crippen LogP contribution in [0.3, 0.4) is 0 Å². The van der Waals surface area contributed by atoms with Gasteiger partial charge in [-0.25, -0.2) is 4.98 Å². The van der Waals surface area contributed by atoms with Crippen molar-refractivity contribution < 1.29 is 0 Å². The quantitative estimate of drug-likeness (QED) is 0.784. The van der Waals surface area contributed by atoms with Gasteiger partial charge in [-0.15, -0.1) is 0 Å². The summed E-state index contributed by atoms with van der Waals surface area (Å²) in [6.45, 7) is 0. The van der Waals surface area contributed by atoms with Crippen molar-refractivity contribution in [1.29, 1.82) is 0 Å². The van der Waals surface area contributed by atoms with Gasteiger partial charge < -0.3 is 10.3 Å². The third-order valence-electron chi connectivity index (χ3n) is 3.35. The van der Waals surface area contributed by atoms with Crippen LogP contribution < -0.4 is 10.9 Å². The number of aromatic amines is 1. The van der Waals surface area contributed by atoms with Crippen LogP contribution in [0.1, 0.15) is 43.8 Å². The van der Waals surface area contributed by atoms with Crippen molar-refractivity contribution in [1.82, 2.24) is 9.97 Å². The zero-order valence-electron chi connectivity index (χ0n) is 9.78. The van der Waals surface area contributed by atoms with Gasteiger partial charge in [0.2, 0.25) is 0 Å². The molecule has 2 aliphatic rings. The maximum absolute atomic E-state index is 11.5. The van der Waals surface area contributed by atoms with Crippen molar-refractivity contribution in [3.8, 4) is 0 Å². The summed E-state index contributed by atoms with van der Waals surface area (Å²) in [5, 5.41) is 3.36. The highest BCUT2D eigenvalue weighted by Crippen LogP contribution is 2.37. The normalized spacial score (nSPS) is 23.6. The summed E-state index contributed by atoms with van der Waals surface area (Å²) in [5.74, 6) is 2.07. The van der Waals surface area contributed by atoms with E-state index in [9.17, 15) is 4.79 Å². The summed E-state index contributed by atoms with van der Waals surface area (Å²) < 4.78 is 0. The summed E-state index contributed by atoms with van der Waals surface area (Å²) in [6, 6.07) is 1.98. The summed E-state index contributed by atoms with van der Waals surface area (Å²) in [6.07, 6.45) is 9.94. The van der Waals surface area contributed by atoms with E-state index in [0.717, 1.165) is 43.7 Å². The van der Waals surface area contributed by atoms with Crippen LogP contribution >= 0.6 is 0 Å². The first-order chi connectivity index (χ1) is 8.31. The molecule has 4 nitrogen and oxygen atoms in total. The molecule has 1 aromatic rings. The highest BCUT2D eigenvalue weighted by molar-refractivity contribution is 5.35. The molecule has 0 aliphatic heterocycles. The molecule has 0 radical (unpaired) electrons. The molecule has 1 unspecified atom stereocenters.